The van der Waals surface area contributed by atoms with Gasteiger partial charge in [-0.05, 0) is 11.6 Å². The highest BCUT2D eigenvalue weighted by Gasteiger charge is 2.12. The molecule has 94 valence electrons. The van der Waals surface area contributed by atoms with Crippen molar-refractivity contribution in [3.8, 4) is 0 Å². The first-order chi connectivity index (χ1) is 8.60. The number of hydrogen-bond acceptors (Lipinski definition) is 8. The predicted molar refractivity (Wildman–Crippen MR) is 69.4 cm³/mol. The first kappa shape index (κ1) is 12.7. The van der Waals surface area contributed by atoms with Gasteiger partial charge < -0.3 is 11.5 Å². The number of nitrogens with two attached hydrogens (primary N) is 2. The normalized spacial score (nSPS) is 10.5. The molecule has 0 saturated heterocycles. The van der Waals surface area contributed by atoms with Gasteiger partial charge in [-0.3, -0.25) is 10.1 Å². The Hall–Kier alpha value is -1.71. The summed E-state index contributed by atoms with van der Waals surface area (Å²) in [6, 6.07) is 4.56. The van der Waals surface area contributed by atoms with Gasteiger partial charge in [0.25, 0.3) is 5.69 Å². The SMILES string of the molecule is NCc1cc([N+](=O)[O-])ccc1Sc1nnc(N)s1. The molecule has 0 atom stereocenters. The Morgan fingerprint density at radius 2 is 2.22 bits per heavy atom. The highest BCUT2D eigenvalue weighted by molar-refractivity contribution is 8.01. The number of nitrogen functional groups attached to an aromatic ring is 1. The molecule has 18 heavy (non-hydrogen) atoms. The van der Waals surface area contributed by atoms with E-state index in [-0.39, 0.29) is 12.2 Å². The molecule has 0 spiro atoms. The molecule has 9 heteroatoms. The molecule has 0 saturated carbocycles. The number of hydrogen-bond donors (Lipinski definition) is 2. The number of anilines is 1. The van der Waals surface area contributed by atoms with Crippen LogP contribution in [-0.2, 0) is 6.54 Å². The van der Waals surface area contributed by atoms with E-state index in [4.69, 9.17) is 11.5 Å². The number of rotatable bonds is 4. The van der Waals surface area contributed by atoms with E-state index in [9.17, 15) is 10.1 Å². The summed E-state index contributed by atoms with van der Waals surface area (Å²) in [4.78, 5) is 11.0. The maximum absolute atomic E-state index is 10.7. The summed E-state index contributed by atoms with van der Waals surface area (Å²) in [6.07, 6.45) is 0. The van der Waals surface area contributed by atoms with Crippen LogP contribution in [0.15, 0.2) is 27.4 Å². The Bertz CT molecular complexity index is 586. The zero-order chi connectivity index (χ0) is 13.1. The Morgan fingerprint density at radius 3 is 2.78 bits per heavy atom. The molecule has 7 nitrogen and oxygen atoms in total. The average Bonchev–Trinajstić information content (AvgIpc) is 2.75. The van der Waals surface area contributed by atoms with Gasteiger partial charge in [0.2, 0.25) is 5.13 Å². The molecule has 1 heterocycles. The molecule has 0 bridgehead atoms. The van der Waals surface area contributed by atoms with Crippen LogP contribution in [0.2, 0.25) is 0 Å². The second kappa shape index (κ2) is 5.29. The standard InChI is InChI=1S/C9H9N5O2S2/c10-4-5-3-6(14(15)16)1-2-7(5)17-9-13-12-8(11)18-9/h1-3H,4,10H2,(H2,11,12). The lowest BCUT2D eigenvalue weighted by molar-refractivity contribution is -0.385. The first-order valence-electron chi connectivity index (χ1n) is 4.84. The summed E-state index contributed by atoms with van der Waals surface area (Å²) in [6.45, 7) is 0.221. The maximum Gasteiger partial charge on any atom is 0.269 e. The van der Waals surface area contributed by atoms with Crippen molar-refractivity contribution in [3.05, 3.63) is 33.9 Å². The molecular formula is C9H9N5O2S2. The number of benzene rings is 1. The fourth-order valence-corrected chi connectivity index (χ4v) is 3.01. The molecule has 0 radical (unpaired) electrons. The van der Waals surface area contributed by atoms with Gasteiger partial charge in [0.1, 0.15) is 0 Å². The van der Waals surface area contributed by atoms with Crippen LogP contribution >= 0.6 is 23.1 Å². The fraction of sp³-hybridized carbons (Fsp3) is 0.111. The lowest BCUT2D eigenvalue weighted by Crippen LogP contribution is -2.00. The molecule has 0 unspecified atom stereocenters. The Morgan fingerprint density at radius 1 is 1.44 bits per heavy atom. The average molecular weight is 283 g/mol. The molecule has 2 rings (SSSR count). The highest BCUT2D eigenvalue weighted by Crippen LogP contribution is 2.34. The number of nitrogens with zero attached hydrogens (tertiary/aromatic N) is 3. The van der Waals surface area contributed by atoms with Crippen LogP contribution in [-0.4, -0.2) is 15.1 Å². The predicted octanol–water partition coefficient (Wildman–Crippen LogP) is 1.64. The molecule has 0 amide bonds. The van der Waals surface area contributed by atoms with Gasteiger partial charge in [0.15, 0.2) is 4.34 Å². The van der Waals surface area contributed by atoms with Gasteiger partial charge in [-0.1, -0.05) is 23.1 Å². The van der Waals surface area contributed by atoms with E-state index in [0.29, 0.717) is 15.0 Å². The summed E-state index contributed by atoms with van der Waals surface area (Å²) >= 11 is 2.60. The molecule has 4 N–H and O–H groups in total. The minimum atomic E-state index is -0.448. The third-order valence-corrected chi connectivity index (χ3v) is 4.02. The number of aromatic nitrogens is 2. The van der Waals surface area contributed by atoms with Crippen molar-refractivity contribution in [2.24, 2.45) is 5.73 Å². The van der Waals surface area contributed by atoms with E-state index in [1.54, 1.807) is 6.07 Å². The van der Waals surface area contributed by atoms with Crippen LogP contribution < -0.4 is 11.5 Å². The minimum absolute atomic E-state index is 0.0246. The summed E-state index contributed by atoms with van der Waals surface area (Å²) < 4.78 is 0.677. The maximum atomic E-state index is 10.7. The van der Waals surface area contributed by atoms with Crippen LogP contribution in [0, 0.1) is 10.1 Å². The minimum Gasteiger partial charge on any atom is -0.374 e. The second-order valence-electron chi connectivity index (χ2n) is 3.26. The van der Waals surface area contributed by atoms with Crippen LogP contribution in [0.25, 0.3) is 0 Å². The second-order valence-corrected chi connectivity index (χ2v) is 5.56. The van der Waals surface area contributed by atoms with E-state index in [2.05, 4.69) is 10.2 Å². The lowest BCUT2D eigenvalue weighted by atomic mass is 10.2. The van der Waals surface area contributed by atoms with Crippen molar-refractivity contribution in [3.63, 3.8) is 0 Å². The molecule has 0 aliphatic heterocycles. The lowest BCUT2D eigenvalue weighted by Gasteiger charge is -2.04. The van der Waals surface area contributed by atoms with Crippen LogP contribution in [0.5, 0.6) is 0 Å². The van der Waals surface area contributed by atoms with Crippen molar-refractivity contribution in [1.82, 2.24) is 10.2 Å². The van der Waals surface area contributed by atoms with E-state index in [1.165, 1.54) is 35.2 Å². The van der Waals surface area contributed by atoms with Gasteiger partial charge in [-0.15, -0.1) is 10.2 Å². The monoisotopic (exact) mass is 283 g/mol. The zero-order valence-corrected chi connectivity index (χ0v) is 10.7. The molecule has 0 aliphatic rings. The van der Waals surface area contributed by atoms with Crippen molar-refractivity contribution in [2.45, 2.75) is 15.8 Å². The number of non-ortho nitro benzene ring substituents is 1. The van der Waals surface area contributed by atoms with E-state index < -0.39 is 4.92 Å². The van der Waals surface area contributed by atoms with Crippen LogP contribution in [0.4, 0.5) is 10.8 Å². The zero-order valence-electron chi connectivity index (χ0n) is 9.07. The summed E-state index contributed by atoms with van der Waals surface area (Å²) in [5.74, 6) is 0. The molecule has 0 aliphatic carbocycles. The van der Waals surface area contributed by atoms with Gasteiger partial charge in [0, 0.05) is 23.6 Å². The van der Waals surface area contributed by atoms with Gasteiger partial charge in [-0.2, -0.15) is 0 Å². The topological polar surface area (TPSA) is 121 Å². The molecule has 0 fully saturated rings. The van der Waals surface area contributed by atoms with Crippen LogP contribution in [0.1, 0.15) is 5.56 Å². The van der Waals surface area contributed by atoms with Crippen molar-refractivity contribution in [1.29, 1.82) is 0 Å². The van der Waals surface area contributed by atoms with Crippen molar-refractivity contribution in [2.75, 3.05) is 5.73 Å². The smallest absolute Gasteiger partial charge is 0.269 e. The summed E-state index contributed by atoms with van der Waals surface area (Å²) in [7, 11) is 0. The molecular weight excluding hydrogens is 274 g/mol. The number of nitro benzene ring substituents is 1. The van der Waals surface area contributed by atoms with E-state index in [1.807, 2.05) is 0 Å². The van der Waals surface area contributed by atoms with Crippen LogP contribution in [0.3, 0.4) is 0 Å². The molecule has 1 aromatic carbocycles. The van der Waals surface area contributed by atoms with E-state index in [0.717, 1.165) is 4.90 Å². The first-order valence-corrected chi connectivity index (χ1v) is 6.47. The van der Waals surface area contributed by atoms with Gasteiger partial charge in [0.05, 0.1) is 4.92 Å². The Kier molecular flexibility index (Phi) is 3.75. The van der Waals surface area contributed by atoms with Gasteiger partial charge >= 0.3 is 0 Å². The van der Waals surface area contributed by atoms with Gasteiger partial charge in [-0.25, -0.2) is 0 Å². The highest BCUT2D eigenvalue weighted by atomic mass is 32.2. The fourth-order valence-electron chi connectivity index (χ4n) is 1.29. The quantitative estimate of drug-likeness (QED) is 0.646. The molecule has 1 aromatic heterocycles. The summed E-state index contributed by atoms with van der Waals surface area (Å²) in [5.41, 5.74) is 11.8. The van der Waals surface area contributed by atoms with Crippen molar-refractivity contribution >= 4 is 33.9 Å². The largest absolute Gasteiger partial charge is 0.374 e. The summed E-state index contributed by atoms with van der Waals surface area (Å²) in [5, 5.41) is 18.6. The van der Waals surface area contributed by atoms with E-state index >= 15 is 0 Å². The van der Waals surface area contributed by atoms with Crippen molar-refractivity contribution < 1.29 is 4.92 Å². The Labute approximate surface area is 110 Å². The third kappa shape index (κ3) is 2.75. The third-order valence-electron chi connectivity index (χ3n) is 2.09. The molecule has 2 aromatic rings. The number of nitro groups is 1. The Balaban J connectivity index is 2.30.